The average molecular weight is 127 g/mol. The summed E-state index contributed by atoms with van der Waals surface area (Å²) in [6, 6.07) is 0.512. The number of hydrogen-bond acceptors (Lipinski definition) is 2. The third kappa shape index (κ3) is 0.634. The van der Waals surface area contributed by atoms with Crippen LogP contribution in [0.15, 0.2) is 0 Å². The predicted molar refractivity (Wildman–Crippen MR) is 35.0 cm³/mol. The van der Waals surface area contributed by atoms with Gasteiger partial charge in [0.25, 0.3) is 0 Å². The van der Waals surface area contributed by atoms with E-state index in [4.69, 9.17) is 10.5 Å². The molecule has 2 nitrogen and oxygen atoms in total. The smallest absolute Gasteiger partial charge is 0.0496 e. The van der Waals surface area contributed by atoms with E-state index in [1.807, 2.05) is 0 Å². The molecular formula is C7H13NO. The summed E-state index contributed by atoms with van der Waals surface area (Å²) in [5.74, 6) is 0.803. The molecule has 0 radical (unpaired) electrons. The average Bonchev–Trinajstić information content (AvgIpc) is 2.58. The highest BCUT2D eigenvalue weighted by atomic mass is 16.5. The van der Waals surface area contributed by atoms with Crippen LogP contribution in [0.5, 0.6) is 0 Å². The first-order valence-electron chi connectivity index (χ1n) is 3.54. The van der Waals surface area contributed by atoms with Gasteiger partial charge in [0, 0.05) is 19.8 Å². The molecule has 0 aromatic rings. The summed E-state index contributed by atoms with van der Waals surface area (Å²) in [5.41, 5.74) is 6.31. The van der Waals surface area contributed by atoms with Crippen LogP contribution in [0.1, 0.15) is 12.8 Å². The Hall–Kier alpha value is -0.0800. The van der Waals surface area contributed by atoms with Gasteiger partial charge in [-0.15, -0.1) is 0 Å². The van der Waals surface area contributed by atoms with Crippen molar-refractivity contribution in [3.63, 3.8) is 0 Å². The Morgan fingerprint density at radius 3 is 2.67 bits per heavy atom. The zero-order valence-corrected chi connectivity index (χ0v) is 5.76. The van der Waals surface area contributed by atoms with E-state index in [9.17, 15) is 0 Å². The topological polar surface area (TPSA) is 35.2 Å². The van der Waals surface area contributed by atoms with E-state index in [1.165, 1.54) is 12.8 Å². The van der Waals surface area contributed by atoms with Crippen molar-refractivity contribution < 1.29 is 4.74 Å². The maximum atomic E-state index is 5.73. The predicted octanol–water partition coefficient (Wildman–Crippen LogP) is 0.370. The summed E-state index contributed by atoms with van der Waals surface area (Å²) in [6.45, 7) is 0.924. The van der Waals surface area contributed by atoms with Crippen LogP contribution in [0.4, 0.5) is 0 Å². The summed E-state index contributed by atoms with van der Waals surface area (Å²) in [4.78, 5) is 0. The Morgan fingerprint density at radius 2 is 2.33 bits per heavy atom. The number of rotatable bonds is 2. The summed E-state index contributed by atoms with van der Waals surface area (Å²) in [7, 11) is 1.76. The van der Waals surface area contributed by atoms with Crippen LogP contribution < -0.4 is 5.73 Å². The second-order valence-electron chi connectivity index (χ2n) is 3.40. The zero-order valence-electron chi connectivity index (χ0n) is 5.76. The minimum atomic E-state index is 0.512. The molecule has 0 aromatic carbocycles. The zero-order chi connectivity index (χ0) is 6.48. The first kappa shape index (κ1) is 5.69. The largest absolute Gasteiger partial charge is 0.384 e. The highest BCUT2D eigenvalue weighted by Crippen LogP contribution is 2.69. The second kappa shape index (κ2) is 1.50. The van der Waals surface area contributed by atoms with Crippen molar-refractivity contribution in [1.29, 1.82) is 0 Å². The number of ether oxygens (including phenoxy) is 1. The van der Waals surface area contributed by atoms with Crippen LogP contribution in [0.25, 0.3) is 0 Å². The lowest BCUT2D eigenvalue weighted by Gasteiger charge is -1.92. The van der Waals surface area contributed by atoms with Gasteiger partial charge in [-0.2, -0.15) is 0 Å². The second-order valence-corrected chi connectivity index (χ2v) is 3.40. The molecule has 2 aliphatic rings. The van der Waals surface area contributed by atoms with Crippen LogP contribution in [0, 0.1) is 11.3 Å². The van der Waals surface area contributed by atoms with Gasteiger partial charge in [-0.3, -0.25) is 0 Å². The minimum Gasteiger partial charge on any atom is -0.384 e. The van der Waals surface area contributed by atoms with Crippen LogP contribution in [-0.2, 0) is 4.74 Å². The lowest BCUT2D eigenvalue weighted by molar-refractivity contribution is 0.179. The molecule has 2 rings (SSSR count). The van der Waals surface area contributed by atoms with Crippen LogP contribution >= 0.6 is 0 Å². The van der Waals surface area contributed by atoms with E-state index >= 15 is 0 Å². The summed E-state index contributed by atoms with van der Waals surface area (Å²) in [5, 5.41) is 0. The van der Waals surface area contributed by atoms with Gasteiger partial charge in [-0.05, 0) is 24.2 Å². The van der Waals surface area contributed by atoms with E-state index < -0.39 is 0 Å². The Balaban J connectivity index is 1.83. The van der Waals surface area contributed by atoms with Crippen molar-refractivity contribution in [3.05, 3.63) is 0 Å². The normalized spacial score (nSPS) is 54.0. The van der Waals surface area contributed by atoms with Crippen LogP contribution in [-0.4, -0.2) is 19.8 Å². The van der Waals surface area contributed by atoms with Gasteiger partial charge in [-0.1, -0.05) is 0 Å². The molecule has 1 spiro atoms. The molecule has 0 amide bonds. The highest BCUT2D eigenvalue weighted by molar-refractivity contribution is 5.21. The molecule has 0 bridgehead atoms. The molecule has 0 saturated heterocycles. The standard InChI is InChI=1S/C7H13NO/c1-9-4-5-2-7(5)3-6(7)8/h5-6H,2-4,8H2,1H3. The van der Waals surface area contributed by atoms with E-state index in [1.54, 1.807) is 7.11 Å². The van der Waals surface area contributed by atoms with Crippen molar-refractivity contribution in [3.8, 4) is 0 Å². The third-order valence-corrected chi connectivity index (χ3v) is 2.83. The molecule has 52 valence electrons. The van der Waals surface area contributed by atoms with Gasteiger partial charge in [0.1, 0.15) is 0 Å². The molecule has 2 heteroatoms. The van der Waals surface area contributed by atoms with Crippen molar-refractivity contribution in [2.75, 3.05) is 13.7 Å². The monoisotopic (exact) mass is 127 g/mol. The fourth-order valence-electron chi connectivity index (χ4n) is 1.88. The Morgan fingerprint density at radius 1 is 1.67 bits per heavy atom. The maximum absolute atomic E-state index is 5.73. The molecule has 2 saturated carbocycles. The molecular weight excluding hydrogens is 114 g/mol. The molecule has 0 aliphatic heterocycles. The minimum absolute atomic E-state index is 0.512. The van der Waals surface area contributed by atoms with Gasteiger partial charge in [0.15, 0.2) is 0 Å². The SMILES string of the molecule is COCC1CC12CC2N. The molecule has 3 atom stereocenters. The third-order valence-electron chi connectivity index (χ3n) is 2.83. The van der Waals surface area contributed by atoms with Crippen LogP contribution in [0.2, 0.25) is 0 Å². The lowest BCUT2D eigenvalue weighted by Crippen LogP contribution is -2.04. The lowest BCUT2D eigenvalue weighted by atomic mass is 10.3. The van der Waals surface area contributed by atoms with E-state index in [2.05, 4.69) is 0 Å². The molecule has 3 unspecified atom stereocenters. The molecule has 2 N–H and O–H groups in total. The Kier molecular flexibility index (Phi) is 0.945. The van der Waals surface area contributed by atoms with Gasteiger partial charge in [-0.25, -0.2) is 0 Å². The van der Waals surface area contributed by atoms with E-state index in [0.717, 1.165) is 12.5 Å². The van der Waals surface area contributed by atoms with E-state index in [0.29, 0.717) is 11.5 Å². The fourth-order valence-corrected chi connectivity index (χ4v) is 1.88. The summed E-state index contributed by atoms with van der Waals surface area (Å²) in [6.07, 6.45) is 2.57. The van der Waals surface area contributed by atoms with Crippen LogP contribution in [0.3, 0.4) is 0 Å². The van der Waals surface area contributed by atoms with Crippen molar-refractivity contribution in [2.45, 2.75) is 18.9 Å². The fraction of sp³-hybridized carbons (Fsp3) is 1.00. The van der Waals surface area contributed by atoms with Gasteiger partial charge >= 0.3 is 0 Å². The Bertz CT molecular complexity index is 135. The quantitative estimate of drug-likeness (QED) is 0.581. The first-order chi connectivity index (χ1) is 4.29. The summed E-state index contributed by atoms with van der Waals surface area (Å²) < 4.78 is 5.03. The molecule has 0 aromatic heterocycles. The number of nitrogens with two attached hydrogens (primary N) is 1. The Labute approximate surface area is 55.4 Å². The van der Waals surface area contributed by atoms with Crippen molar-refractivity contribution in [1.82, 2.24) is 0 Å². The van der Waals surface area contributed by atoms with Gasteiger partial charge in [0.05, 0.1) is 0 Å². The molecule has 0 heterocycles. The first-order valence-corrected chi connectivity index (χ1v) is 3.54. The number of hydrogen-bond donors (Lipinski definition) is 1. The van der Waals surface area contributed by atoms with Crippen molar-refractivity contribution >= 4 is 0 Å². The van der Waals surface area contributed by atoms with Gasteiger partial charge in [0.2, 0.25) is 0 Å². The maximum Gasteiger partial charge on any atom is 0.0496 e. The molecule has 9 heavy (non-hydrogen) atoms. The van der Waals surface area contributed by atoms with E-state index in [-0.39, 0.29) is 0 Å². The van der Waals surface area contributed by atoms with Gasteiger partial charge < -0.3 is 10.5 Å². The highest BCUT2D eigenvalue weighted by Gasteiger charge is 2.68. The van der Waals surface area contributed by atoms with Crippen molar-refractivity contribution in [2.24, 2.45) is 17.1 Å². The molecule has 2 aliphatic carbocycles. The molecule has 2 fully saturated rings. The number of methoxy groups -OCH3 is 1. The summed E-state index contributed by atoms with van der Waals surface area (Å²) >= 11 is 0.